The Labute approximate surface area is 129 Å². The van der Waals surface area contributed by atoms with Crippen LogP contribution in [0.2, 0.25) is 0 Å². The van der Waals surface area contributed by atoms with Crippen molar-refractivity contribution in [3.63, 3.8) is 0 Å². The third-order valence-corrected chi connectivity index (χ3v) is 5.51. The summed E-state index contributed by atoms with van der Waals surface area (Å²) in [6, 6.07) is 8.54. The molecule has 0 bridgehead atoms. The van der Waals surface area contributed by atoms with Gasteiger partial charge in [0, 0.05) is 23.5 Å². The van der Waals surface area contributed by atoms with Crippen LogP contribution in [0, 0.1) is 5.92 Å². The van der Waals surface area contributed by atoms with Crippen LogP contribution < -0.4 is 0 Å². The summed E-state index contributed by atoms with van der Waals surface area (Å²) in [6.45, 7) is 0.945. The molecule has 1 aromatic rings. The molecule has 0 N–H and O–H groups in total. The second-order valence-corrected chi connectivity index (χ2v) is 6.64. The zero-order valence-corrected chi connectivity index (χ0v) is 13.4. The number of nitrogens with zero attached hydrogens (tertiary/aromatic N) is 1. The van der Waals surface area contributed by atoms with E-state index in [1.807, 2.05) is 24.3 Å². The lowest BCUT2D eigenvalue weighted by Crippen LogP contribution is -2.39. The van der Waals surface area contributed by atoms with Crippen LogP contribution >= 0.6 is 15.9 Å². The van der Waals surface area contributed by atoms with Crippen LogP contribution in [0.25, 0.3) is 0 Å². The summed E-state index contributed by atoms with van der Waals surface area (Å²) >= 11 is 3.44. The van der Waals surface area contributed by atoms with Gasteiger partial charge in [0.15, 0.2) is 0 Å². The number of carbonyl (C=O) groups is 1. The van der Waals surface area contributed by atoms with Gasteiger partial charge in [-0.3, -0.25) is 4.79 Å². The summed E-state index contributed by atoms with van der Waals surface area (Å²) in [6.07, 6.45) is 7.71. The Morgan fingerprint density at radius 2 is 1.80 bits per heavy atom. The van der Waals surface area contributed by atoms with Crippen molar-refractivity contribution in [2.45, 2.75) is 49.9 Å². The van der Waals surface area contributed by atoms with Gasteiger partial charge in [0.05, 0.1) is 0 Å². The largest absolute Gasteiger partial charge is 0.335 e. The minimum absolute atomic E-state index is 0.237. The van der Waals surface area contributed by atoms with Gasteiger partial charge in [0.1, 0.15) is 0 Å². The third-order valence-electron chi connectivity index (χ3n) is 4.86. The summed E-state index contributed by atoms with van der Waals surface area (Å²) in [5, 5.41) is 0.843. The van der Waals surface area contributed by atoms with Crippen LogP contribution in [0.4, 0.5) is 0 Å². The predicted molar refractivity (Wildman–Crippen MR) is 85.1 cm³/mol. The molecular formula is C17H22BrNO. The van der Waals surface area contributed by atoms with Gasteiger partial charge in [-0.15, -0.1) is 0 Å². The molecule has 1 amide bonds. The minimum atomic E-state index is 0.237. The maximum atomic E-state index is 12.7. The van der Waals surface area contributed by atoms with Crippen molar-refractivity contribution >= 4 is 21.8 Å². The Morgan fingerprint density at radius 1 is 1.10 bits per heavy atom. The first kappa shape index (κ1) is 14.1. The van der Waals surface area contributed by atoms with Gasteiger partial charge in [-0.25, -0.2) is 0 Å². The van der Waals surface area contributed by atoms with E-state index in [1.165, 1.54) is 44.1 Å². The monoisotopic (exact) mass is 335 g/mol. The van der Waals surface area contributed by atoms with E-state index in [4.69, 9.17) is 0 Å². The maximum absolute atomic E-state index is 12.7. The molecule has 1 atom stereocenters. The molecule has 1 saturated carbocycles. The first-order chi connectivity index (χ1) is 9.79. The number of carbonyl (C=O) groups excluding carboxylic acids is 1. The van der Waals surface area contributed by atoms with Gasteiger partial charge in [-0.1, -0.05) is 40.9 Å². The quantitative estimate of drug-likeness (QED) is 0.751. The highest BCUT2D eigenvalue weighted by Crippen LogP contribution is 2.36. The standard InChI is InChI=1S/C17H22BrNO/c18-12-13-7-9-15(10-8-13)17(20)19-11-3-6-16(19)14-4-1-2-5-14/h7-10,14,16H,1-6,11-12H2. The summed E-state index contributed by atoms with van der Waals surface area (Å²) < 4.78 is 0. The second-order valence-electron chi connectivity index (χ2n) is 6.08. The molecular weight excluding hydrogens is 314 g/mol. The van der Waals surface area contributed by atoms with E-state index in [0.29, 0.717) is 6.04 Å². The number of hydrogen-bond donors (Lipinski definition) is 0. The lowest BCUT2D eigenvalue weighted by molar-refractivity contribution is 0.0689. The molecule has 1 unspecified atom stereocenters. The number of rotatable bonds is 3. The van der Waals surface area contributed by atoms with Crippen LogP contribution in [-0.4, -0.2) is 23.4 Å². The Balaban J connectivity index is 1.74. The Morgan fingerprint density at radius 3 is 2.45 bits per heavy atom. The molecule has 3 heteroatoms. The van der Waals surface area contributed by atoms with E-state index in [-0.39, 0.29) is 5.91 Å². The van der Waals surface area contributed by atoms with Gasteiger partial charge >= 0.3 is 0 Å². The van der Waals surface area contributed by atoms with Crippen LogP contribution in [0.3, 0.4) is 0 Å². The molecule has 1 aliphatic heterocycles. The highest BCUT2D eigenvalue weighted by Gasteiger charge is 2.36. The maximum Gasteiger partial charge on any atom is 0.254 e. The minimum Gasteiger partial charge on any atom is -0.335 e. The number of alkyl halides is 1. The Hall–Kier alpha value is -0.830. The van der Waals surface area contributed by atoms with Crippen LogP contribution in [0.15, 0.2) is 24.3 Å². The second kappa shape index (κ2) is 6.30. The first-order valence-corrected chi connectivity index (χ1v) is 8.87. The molecule has 20 heavy (non-hydrogen) atoms. The van der Waals surface area contributed by atoms with Crippen molar-refractivity contribution in [3.05, 3.63) is 35.4 Å². The lowest BCUT2D eigenvalue weighted by atomic mass is 9.95. The summed E-state index contributed by atoms with van der Waals surface area (Å²) in [5.74, 6) is 0.990. The molecule has 2 nitrogen and oxygen atoms in total. The predicted octanol–water partition coefficient (Wildman–Crippen LogP) is 4.38. The van der Waals surface area contributed by atoms with E-state index in [9.17, 15) is 4.79 Å². The van der Waals surface area contributed by atoms with E-state index in [0.717, 1.165) is 23.4 Å². The zero-order chi connectivity index (χ0) is 13.9. The van der Waals surface area contributed by atoms with Crippen molar-refractivity contribution in [1.82, 2.24) is 4.90 Å². The summed E-state index contributed by atoms with van der Waals surface area (Å²) in [7, 11) is 0. The van der Waals surface area contributed by atoms with Crippen LogP contribution in [0.5, 0.6) is 0 Å². The topological polar surface area (TPSA) is 20.3 Å². The highest BCUT2D eigenvalue weighted by atomic mass is 79.9. The van der Waals surface area contributed by atoms with Crippen molar-refractivity contribution in [3.8, 4) is 0 Å². The Bertz CT molecular complexity index is 464. The molecule has 0 radical (unpaired) electrons. The normalized spacial score (nSPS) is 23.4. The van der Waals surface area contributed by atoms with E-state index >= 15 is 0 Å². The smallest absolute Gasteiger partial charge is 0.254 e. The van der Waals surface area contributed by atoms with E-state index in [2.05, 4.69) is 20.8 Å². The number of halogens is 1. The third kappa shape index (κ3) is 2.78. The molecule has 3 rings (SSSR count). The van der Waals surface area contributed by atoms with Crippen molar-refractivity contribution in [2.24, 2.45) is 5.92 Å². The molecule has 1 aliphatic carbocycles. The number of hydrogen-bond acceptors (Lipinski definition) is 1. The fourth-order valence-electron chi connectivity index (χ4n) is 3.78. The van der Waals surface area contributed by atoms with Gasteiger partial charge in [-0.2, -0.15) is 0 Å². The number of likely N-dealkylation sites (tertiary alicyclic amines) is 1. The first-order valence-electron chi connectivity index (χ1n) is 7.75. The fourth-order valence-corrected chi connectivity index (χ4v) is 4.15. The molecule has 2 fully saturated rings. The van der Waals surface area contributed by atoms with E-state index in [1.54, 1.807) is 0 Å². The molecule has 108 valence electrons. The zero-order valence-electron chi connectivity index (χ0n) is 11.9. The molecule has 1 saturated heterocycles. The molecule has 1 aromatic carbocycles. The molecule has 0 aromatic heterocycles. The van der Waals surface area contributed by atoms with Crippen LogP contribution in [0.1, 0.15) is 54.4 Å². The van der Waals surface area contributed by atoms with E-state index < -0.39 is 0 Å². The van der Waals surface area contributed by atoms with Gasteiger partial charge < -0.3 is 4.90 Å². The van der Waals surface area contributed by atoms with Gasteiger partial charge in [0.2, 0.25) is 0 Å². The lowest BCUT2D eigenvalue weighted by Gasteiger charge is -2.29. The van der Waals surface area contributed by atoms with Crippen molar-refractivity contribution in [1.29, 1.82) is 0 Å². The molecule has 0 spiro atoms. The summed E-state index contributed by atoms with van der Waals surface area (Å²) in [5.41, 5.74) is 2.06. The SMILES string of the molecule is O=C(c1ccc(CBr)cc1)N1CCCC1C1CCCC1. The number of benzene rings is 1. The molecule has 1 heterocycles. The van der Waals surface area contributed by atoms with Crippen LogP contribution in [-0.2, 0) is 5.33 Å². The number of amides is 1. The molecule has 2 aliphatic rings. The summed E-state index contributed by atoms with van der Waals surface area (Å²) in [4.78, 5) is 14.9. The average molecular weight is 336 g/mol. The van der Waals surface area contributed by atoms with Crippen molar-refractivity contribution < 1.29 is 4.79 Å². The van der Waals surface area contributed by atoms with Gasteiger partial charge in [0.25, 0.3) is 5.91 Å². The fraction of sp³-hybridized carbons (Fsp3) is 0.588. The van der Waals surface area contributed by atoms with Crippen molar-refractivity contribution in [2.75, 3.05) is 6.54 Å². The average Bonchev–Trinajstić information content (AvgIpc) is 3.16. The Kier molecular flexibility index (Phi) is 4.45. The van der Waals surface area contributed by atoms with Gasteiger partial charge in [-0.05, 0) is 49.3 Å². The highest BCUT2D eigenvalue weighted by molar-refractivity contribution is 9.08.